The van der Waals surface area contributed by atoms with Gasteiger partial charge in [0.05, 0.1) is 6.61 Å². The Balaban J connectivity index is 1.90. The van der Waals surface area contributed by atoms with Crippen LogP contribution in [0.3, 0.4) is 0 Å². The van der Waals surface area contributed by atoms with E-state index in [0.717, 1.165) is 36.3 Å². The third-order valence-electron chi connectivity index (χ3n) is 5.07. The number of hydrogen-bond acceptors (Lipinski definition) is 2. The number of ether oxygens (including phenoxy) is 1. The van der Waals surface area contributed by atoms with Gasteiger partial charge in [0.2, 0.25) is 0 Å². The van der Waals surface area contributed by atoms with Gasteiger partial charge < -0.3 is 10.1 Å². The number of benzene rings is 1. The molecule has 1 heterocycles. The van der Waals surface area contributed by atoms with Crippen LogP contribution in [0.5, 0.6) is 5.75 Å². The summed E-state index contributed by atoms with van der Waals surface area (Å²) in [6.07, 6.45) is 6.29. The Morgan fingerprint density at radius 2 is 2.05 bits per heavy atom. The first-order chi connectivity index (χ1) is 10.2. The SMILES string of the molecule is CCNC(c1cc(Cl)cc2c1OCC2)C1CCC(C)CC1. The first kappa shape index (κ1) is 15.2. The maximum absolute atomic E-state index is 6.35. The average molecular weight is 308 g/mol. The summed E-state index contributed by atoms with van der Waals surface area (Å²) in [6.45, 7) is 6.34. The van der Waals surface area contributed by atoms with Crippen molar-refractivity contribution in [1.29, 1.82) is 0 Å². The van der Waals surface area contributed by atoms with Crippen LogP contribution in [0, 0.1) is 11.8 Å². The highest BCUT2D eigenvalue weighted by atomic mass is 35.5. The van der Waals surface area contributed by atoms with Gasteiger partial charge in [0, 0.05) is 23.0 Å². The zero-order valence-electron chi connectivity index (χ0n) is 13.1. The quantitative estimate of drug-likeness (QED) is 0.866. The standard InChI is InChI=1S/C18H26ClNO/c1-3-20-17(13-6-4-12(2)5-7-13)16-11-15(19)10-14-8-9-21-18(14)16/h10-13,17,20H,3-9H2,1-2H3. The topological polar surface area (TPSA) is 21.3 Å². The van der Waals surface area contributed by atoms with Gasteiger partial charge in [-0.1, -0.05) is 38.3 Å². The fourth-order valence-electron chi connectivity index (χ4n) is 3.90. The van der Waals surface area contributed by atoms with Crippen molar-refractivity contribution >= 4 is 11.6 Å². The van der Waals surface area contributed by atoms with Crippen molar-refractivity contribution in [2.24, 2.45) is 11.8 Å². The lowest BCUT2D eigenvalue weighted by Crippen LogP contribution is -2.31. The fraction of sp³-hybridized carbons (Fsp3) is 0.667. The third-order valence-corrected chi connectivity index (χ3v) is 5.29. The molecule has 1 atom stereocenters. The Morgan fingerprint density at radius 1 is 1.29 bits per heavy atom. The van der Waals surface area contributed by atoms with Crippen molar-refractivity contribution < 1.29 is 4.74 Å². The number of halogens is 1. The van der Waals surface area contributed by atoms with Gasteiger partial charge in [-0.25, -0.2) is 0 Å². The summed E-state index contributed by atoms with van der Waals surface area (Å²) in [4.78, 5) is 0. The largest absolute Gasteiger partial charge is 0.493 e. The molecule has 0 bridgehead atoms. The van der Waals surface area contributed by atoms with E-state index >= 15 is 0 Å². The van der Waals surface area contributed by atoms with Crippen LogP contribution >= 0.6 is 11.6 Å². The van der Waals surface area contributed by atoms with Crippen LogP contribution in [0.25, 0.3) is 0 Å². The highest BCUT2D eigenvalue weighted by molar-refractivity contribution is 6.30. The smallest absolute Gasteiger partial charge is 0.127 e. The lowest BCUT2D eigenvalue weighted by Gasteiger charge is -2.34. The second kappa shape index (κ2) is 6.58. The van der Waals surface area contributed by atoms with E-state index in [1.165, 1.54) is 36.8 Å². The summed E-state index contributed by atoms with van der Waals surface area (Å²) in [5, 5.41) is 4.55. The van der Waals surface area contributed by atoms with Crippen molar-refractivity contribution in [2.45, 2.75) is 52.0 Å². The molecule has 0 aromatic heterocycles. The summed E-state index contributed by atoms with van der Waals surface area (Å²) in [6, 6.07) is 4.57. The summed E-state index contributed by atoms with van der Waals surface area (Å²) in [5.41, 5.74) is 2.57. The molecule has 0 amide bonds. The van der Waals surface area contributed by atoms with Gasteiger partial charge >= 0.3 is 0 Å². The molecule has 2 nitrogen and oxygen atoms in total. The first-order valence-electron chi connectivity index (χ1n) is 8.37. The molecule has 1 fully saturated rings. The second-order valence-electron chi connectivity index (χ2n) is 6.64. The van der Waals surface area contributed by atoms with Crippen LogP contribution in [0.1, 0.15) is 56.7 Å². The molecule has 3 heteroatoms. The maximum atomic E-state index is 6.35. The molecular weight excluding hydrogens is 282 g/mol. The van der Waals surface area contributed by atoms with E-state index < -0.39 is 0 Å². The summed E-state index contributed by atoms with van der Waals surface area (Å²) in [5.74, 6) is 2.68. The zero-order valence-corrected chi connectivity index (χ0v) is 13.9. The van der Waals surface area contributed by atoms with Crippen LogP contribution < -0.4 is 10.1 Å². The van der Waals surface area contributed by atoms with E-state index in [9.17, 15) is 0 Å². The molecule has 0 radical (unpaired) electrons. The van der Waals surface area contributed by atoms with Gasteiger partial charge in [-0.2, -0.15) is 0 Å². The highest BCUT2D eigenvalue weighted by Crippen LogP contribution is 2.43. The van der Waals surface area contributed by atoms with E-state index in [0.29, 0.717) is 12.0 Å². The Bertz CT molecular complexity index is 494. The van der Waals surface area contributed by atoms with Crippen LogP contribution in [0.15, 0.2) is 12.1 Å². The molecule has 1 aliphatic carbocycles. The van der Waals surface area contributed by atoms with Crippen LogP contribution in [0.4, 0.5) is 0 Å². The van der Waals surface area contributed by atoms with Crippen LogP contribution in [-0.4, -0.2) is 13.2 Å². The molecule has 3 rings (SSSR count). The lowest BCUT2D eigenvalue weighted by molar-refractivity contribution is 0.229. The third kappa shape index (κ3) is 3.22. The van der Waals surface area contributed by atoms with Crippen LogP contribution in [-0.2, 0) is 6.42 Å². The van der Waals surface area contributed by atoms with Crippen molar-refractivity contribution in [3.8, 4) is 5.75 Å². The Kier molecular flexibility index (Phi) is 4.75. The van der Waals surface area contributed by atoms with Crippen molar-refractivity contribution in [2.75, 3.05) is 13.2 Å². The highest BCUT2D eigenvalue weighted by Gasteiger charge is 2.31. The molecule has 1 unspecified atom stereocenters. The van der Waals surface area contributed by atoms with Gasteiger partial charge in [-0.3, -0.25) is 0 Å². The Morgan fingerprint density at radius 3 is 2.76 bits per heavy atom. The van der Waals surface area contributed by atoms with Gasteiger partial charge in [0.15, 0.2) is 0 Å². The first-order valence-corrected chi connectivity index (χ1v) is 8.75. The Labute approximate surface area is 133 Å². The van der Waals surface area contributed by atoms with E-state index in [2.05, 4.69) is 31.3 Å². The fourth-order valence-corrected chi connectivity index (χ4v) is 4.15. The van der Waals surface area contributed by atoms with Crippen LogP contribution in [0.2, 0.25) is 5.02 Å². The molecule has 1 N–H and O–H groups in total. The molecule has 116 valence electrons. The second-order valence-corrected chi connectivity index (χ2v) is 7.07. The predicted molar refractivity (Wildman–Crippen MR) is 88.2 cm³/mol. The van der Waals surface area contributed by atoms with E-state index in [1.54, 1.807) is 0 Å². The number of nitrogens with one attached hydrogen (secondary N) is 1. The Hall–Kier alpha value is -0.730. The predicted octanol–water partition coefficient (Wildman–Crippen LogP) is 4.75. The number of rotatable bonds is 4. The molecule has 1 aliphatic heterocycles. The monoisotopic (exact) mass is 307 g/mol. The molecule has 1 saturated carbocycles. The normalized spacial score (nSPS) is 26.2. The average Bonchev–Trinajstić information content (AvgIpc) is 2.93. The minimum absolute atomic E-state index is 0.382. The van der Waals surface area contributed by atoms with Gasteiger partial charge in [0.25, 0.3) is 0 Å². The summed E-state index contributed by atoms with van der Waals surface area (Å²) < 4.78 is 5.93. The minimum Gasteiger partial charge on any atom is -0.493 e. The summed E-state index contributed by atoms with van der Waals surface area (Å²) in [7, 11) is 0. The van der Waals surface area contributed by atoms with E-state index in [1.807, 2.05) is 0 Å². The van der Waals surface area contributed by atoms with Gasteiger partial charge in [0.1, 0.15) is 5.75 Å². The minimum atomic E-state index is 0.382. The molecule has 1 aromatic rings. The molecule has 21 heavy (non-hydrogen) atoms. The van der Waals surface area contributed by atoms with E-state index in [4.69, 9.17) is 16.3 Å². The molecule has 2 aliphatic rings. The van der Waals surface area contributed by atoms with Crippen molar-refractivity contribution in [3.63, 3.8) is 0 Å². The van der Waals surface area contributed by atoms with Gasteiger partial charge in [-0.15, -0.1) is 0 Å². The number of hydrogen-bond donors (Lipinski definition) is 1. The maximum Gasteiger partial charge on any atom is 0.127 e. The van der Waals surface area contributed by atoms with Crippen molar-refractivity contribution in [1.82, 2.24) is 5.32 Å². The van der Waals surface area contributed by atoms with E-state index in [-0.39, 0.29) is 0 Å². The summed E-state index contributed by atoms with van der Waals surface area (Å²) >= 11 is 6.35. The van der Waals surface area contributed by atoms with Crippen molar-refractivity contribution in [3.05, 3.63) is 28.3 Å². The molecule has 0 saturated heterocycles. The van der Waals surface area contributed by atoms with Gasteiger partial charge in [-0.05, 0) is 48.9 Å². The molecule has 1 aromatic carbocycles. The zero-order chi connectivity index (χ0) is 14.8. The molecular formula is C18H26ClNO. The number of fused-ring (bicyclic) bond motifs is 1. The molecule has 0 spiro atoms. The lowest BCUT2D eigenvalue weighted by atomic mass is 9.77.